The lowest BCUT2D eigenvalue weighted by atomic mass is 10.4. The molecule has 0 unspecified atom stereocenters. The maximum Gasteiger partial charge on any atom is 0.391 e. The summed E-state index contributed by atoms with van der Waals surface area (Å²) in [6.07, 6.45) is -0.109. The van der Waals surface area contributed by atoms with E-state index < -0.39 is 12.6 Å². The molecular formula is C8H12F3NO. The van der Waals surface area contributed by atoms with Crippen LogP contribution in [0.3, 0.4) is 0 Å². The molecule has 0 atom stereocenters. The zero-order valence-corrected chi connectivity index (χ0v) is 7.16. The first kappa shape index (κ1) is 12.3. The Bertz CT molecular complexity index is 162. The molecule has 0 heterocycles. The molecule has 0 saturated heterocycles. The van der Waals surface area contributed by atoms with Crippen molar-refractivity contribution in [3.05, 3.63) is 0 Å². The molecule has 0 aromatic heterocycles. The number of hydrogen-bond acceptors (Lipinski definition) is 2. The van der Waals surface area contributed by atoms with Crippen LogP contribution in [0.15, 0.2) is 0 Å². The summed E-state index contributed by atoms with van der Waals surface area (Å²) in [5.74, 6) is 2.34. The Morgan fingerprint density at radius 3 is 2.54 bits per heavy atom. The number of halogens is 3. The molecule has 5 heteroatoms. The Balaban J connectivity index is 3.05. The average Bonchev–Trinajstić information content (AvgIpc) is 2.01. The standard InChI is InChI=1S/C8H12F3NO/c1-2-4-12-5-7-13-6-3-8(9,10)11/h1,12H,3-7H2. The summed E-state index contributed by atoms with van der Waals surface area (Å²) in [7, 11) is 0. The lowest BCUT2D eigenvalue weighted by Crippen LogP contribution is -2.21. The van der Waals surface area contributed by atoms with E-state index in [4.69, 9.17) is 11.2 Å². The van der Waals surface area contributed by atoms with Crippen molar-refractivity contribution in [3.63, 3.8) is 0 Å². The molecule has 0 aromatic carbocycles. The van der Waals surface area contributed by atoms with E-state index in [9.17, 15) is 13.2 Å². The van der Waals surface area contributed by atoms with Gasteiger partial charge in [-0.3, -0.25) is 0 Å². The second kappa shape index (κ2) is 6.75. The fraction of sp³-hybridized carbons (Fsp3) is 0.750. The summed E-state index contributed by atoms with van der Waals surface area (Å²) >= 11 is 0. The molecule has 13 heavy (non-hydrogen) atoms. The number of nitrogens with one attached hydrogen (secondary N) is 1. The van der Waals surface area contributed by atoms with Gasteiger partial charge in [0.15, 0.2) is 0 Å². The van der Waals surface area contributed by atoms with Crippen molar-refractivity contribution in [2.75, 3.05) is 26.3 Å². The van der Waals surface area contributed by atoms with E-state index in [0.717, 1.165) is 0 Å². The van der Waals surface area contributed by atoms with Gasteiger partial charge in [0.2, 0.25) is 0 Å². The fourth-order valence-electron chi connectivity index (χ4n) is 0.595. The fourth-order valence-corrected chi connectivity index (χ4v) is 0.595. The second-order valence-electron chi connectivity index (χ2n) is 2.36. The van der Waals surface area contributed by atoms with E-state index in [2.05, 4.69) is 11.2 Å². The molecule has 0 aromatic rings. The van der Waals surface area contributed by atoms with Crippen molar-refractivity contribution in [2.24, 2.45) is 0 Å². The number of hydrogen-bond donors (Lipinski definition) is 1. The quantitative estimate of drug-likeness (QED) is 0.507. The topological polar surface area (TPSA) is 21.3 Å². The summed E-state index contributed by atoms with van der Waals surface area (Å²) in [5.41, 5.74) is 0. The van der Waals surface area contributed by atoms with Crippen molar-refractivity contribution >= 4 is 0 Å². The summed E-state index contributed by atoms with van der Waals surface area (Å²) in [6, 6.07) is 0. The van der Waals surface area contributed by atoms with Crippen LogP contribution in [-0.2, 0) is 4.74 Å². The van der Waals surface area contributed by atoms with Gasteiger partial charge in [-0.2, -0.15) is 13.2 Å². The second-order valence-corrected chi connectivity index (χ2v) is 2.36. The Labute approximate surface area is 75.5 Å². The van der Waals surface area contributed by atoms with E-state index in [0.29, 0.717) is 13.1 Å². The summed E-state index contributed by atoms with van der Waals surface area (Å²) in [4.78, 5) is 0. The molecule has 0 rings (SSSR count). The molecule has 0 saturated carbocycles. The summed E-state index contributed by atoms with van der Waals surface area (Å²) < 4.78 is 39.4. The average molecular weight is 195 g/mol. The van der Waals surface area contributed by atoms with Gasteiger partial charge >= 0.3 is 6.18 Å². The molecule has 2 nitrogen and oxygen atoms in total. The Morgan fingerprint density at radius 2 is 2.00 bits per heavy atom. The number of terminal acetylenes is 1. The smallest absolute Gasteiger partial charge is 0.380 e. The van der Waals surface area contributed by atoms with Crippen LogP contribution in [0.25, 0.3) is 0 Å². The first-order valence-electron chi connectivity index (χ1n) is 3.85. The zero-order chi connectivity index (χ0) is 10.2. The van der Waals surface area contributed by atoms with Gasteiger partial charge in [0.1, 0.15) is 0 Å². The highest BCUT2D eigenvalue weighted by molar-refractivity contribution is 4.86. The molecule has 0 aliphatic carbocycles. The van der Waals surface area contributed by atoms with Crippen molar-refractivity contribution in [2.45, 2.75) is 12.6 Å². The van der Waals surface area contributed by atoms with E-state index >= 15 is 0 Å². The van der Waals surface area contributed by atoms with Gasteiger partial charge in [-0.1, -0.05) is 5.92 Å². The molecule has 0 aliphatic heterocycles. The molecule has 0 fully saturated rings. The van der Waals surface area contributed by atoms with Gasteiger partial charge in [-0.15, -0.1) is 6.42 Å². The molecule has 0 amide bonds. The van der Waals surface area contributed by atoms with Crippen LogP contribution in [0.2, 0.25) is 0 Å². The van der Waals surface area contributed by atoms with Crippen LogP contribution < -0.4 is 5.32 Å². The van der Waals surface area contributed by atoms with E-state index in [1.807, 2.05) is 0 Å². The summed E-state index contributed by atoms with van der Waals surface area (Å²) in [6.45, 7) is 0.837. The maximum atomic E-state index is 11.6. The van der Waals surface area contributed by atoms with Gasteiger partial charge in [0, 0.05) is 6.54 Å². The molecule has 1 N–H and O–H groups in total. The molecule has 0 spiro atoms. The predicted octanol–water partition coefficient (Wildman–Crippen LogP) is 1.18. The highest BCUT2D eigenvalue weighted by atomic mass is 19.4. The summed E-state index contributed by atoms with van der Waals surface area (Å²) in [5, 5.41) is 2.79. The minimum Gasteiger partial charge on any atom is -0.380 e. The molecule has 0 bridgehead atoms. The third kappa shape index (κ3) is 11.3. The van der Waals surface area contributed by atoms with Crippen molar-refractivity contribution in [1.82, 2.24) is 5.32 Å². The van der Waals surface area contributed by atoms with Crippen LogP contribution >= 0.6 is 0 Å². The van der Waals surface area contributed by atoms with E-state index in [1.54, 1.807) is 0 Å². The lowest BCUT2D eigenvalue weighted by Gasteiger charge is -2.06. The normalized spacial score (nSPS) is 11.2. The minimum absolute atomic E-state index is 0.248. The van der Waals surface area contributed by atoms with Gasteiger partial charge in [-0.05, 0) is 0 Å². The van der Waals surface area contributed by atoms with Crippen LogP contribution in [0, 0.1) is 12.3 Å². The Morgan fingerprint density at radius 1 is 1.31 bits per heavy atom. The van der Waals surface area contributed by atoms with Crippen molar-refractivity contribution in [1.29, 1.82) is 0 Å². The SMILES string of the molecule is C#CCNCCOCCC(F)(F)F. The highest BCUT2D eigenvalue weighted by Gasteiger charge is 2.26. The van der Waals surface area contributed by atoms with Gasteiger partial charge < -0.3 is 10.1 Å². The Hall–Kier alpha value is -0.730. The number of rotatable bonds is 6. The monoisotopic (exact) mass is 195 g/mol. The number of ether oxygens (including phenoxy) is 1. The van der Waals surface area contributed by atoms with Crippen LogP contribution in [0.5, 0.6) is 0 Å². The van der Waals surface area contributed by atoms with Crippen LogP contribution in [0.4, 0.5) is 13.2 Å². The van der Waals surface area contributed by atoms with E-state index in [-0.39, 0.29) is 13.2 Å². The van der Waals surface area contributed by atoms with Gasteiger partial charge in [0.25, 0.3) is 0 Å². The lowest BCUT2D eigenvalue weighted by molar-refractivity contribution is -0.145. The molecule has 0 radical (unpaired) electrons. The molecule has 76 valence electrons. The van der Waals surface area contributed by atoms with E-state index in [1.165, 1.54) is 0 Å². The van der Waals surface area contributed by atoms with Crippen molar-refractivity contribution in [3.8, 4) is 12.3 Å². The number of alkyl halides is 3. The predicted molar refractivity (Wildman–Crippen MR) is 43.2 cm³/mol. The third-order valence-corrected chi connectivity index (χ3v) is 1.18. The minimum atomic E-state index is -4.13. The third-order valence-electron chi connectivity index (χ3n) is 1.18. The van der Waals surface area contributed by atoms with Gasteiger partial charge in [0.05, 0.1) is 26.2 Å². The van der Waals surface area contributed by atoms with Crippen molar-refractivity contribution < 1.29 is 17.9 Å². The first-order chi connectivity index (χ1) is 6.06. The van der Waals surface area contributed by atoms with Crippen LogP contribution in [0.1, 0.15) is 6.42 Å². The van der Waals surface area contributed by atoms with Gasteiger partial charge in [-0.25, -0.2) is 0 Å². The zero-order valence-electron chi connectivity index (χ0n) is 7.16. The first-order valence-corrected chi connectivity index (χ1v) is 3.85. The molecular weight excluding hydrogens is 183 g/mol. The highest BCUT2D eigenvalue weighted by Crippen LogP contribution is 2.18. The van der Waals surface area contributed by atoms with Crippen LogP contribution in [-0.4, -0.2) is 32.5 Å². The largest absolute Gasteiger partial charge is 0.391 e. The molecule has 0 aliphatic rings. The Kier molecular flexibility index (Phi) is 6.37. The maximum absolute atomic E-state index is 11.6.